The van der Waals surface area contributed by atoms with E-state index < -0.39 is 0 Å². The molecule has 0 N–H and O–H groups in total. The van der Waals surface area contributed by atoms with Gasteiger partial charge in [-0.1, -0.05) is 109 Å². The number of thiophene rings is 1. The number of hydrogen-bond acceptors (Lipinski definition) is 3. The molecule has 2 nitrogen and oxygen atoms in total. The fourth-order valence-electron chi connectivity index (χ4n) is 7.99. The highest BCUT2D eigenvalue weighted by molar-refractivity contribution is 7.25. The normalized spacial score (nSPS) is 11.9. The zero-order valence-corrected chi connectivity index (χ0v) is 28.3. The fourth-order valence-corrected chi connectivity index (χ4v) is 9.16. The van der Waals surface area contributed by atoms with Gasteiger partial charge in [-0.25, -0.2) is 0 Å². The summed E-state index contributed by atoms with van der Waals surface area (Å²) in [5, 5.41) is 12.4. The van der Waals surface area contributed by atoms with Crippen molar-refractivity contribution in [3.05, 3.63) is 176 Å². The Morgan fingerprint density at radius 3 is 1.98 bits per heavy atom. The minimum Gasteiger partial charge on any atom is -0.456 e. The predicted molar refractivity (Wildman–Crippen MR) is 219 cm³/mol. The third kappa shape index (κ3) is 4.49. The van der Waals surface area contributed by atoms with Crippen molar-refractivity contribution in [1.82, 2.24) is 0 Å². The lowest BCUT2D eigenvalue weighted by molar-refractivity contribution is 0.669. The zero-order valence-electron chi connectivity index (χ0n) is 27.5. The molecule has 0 bridgehead atoms. The second kappa shape index (κ2) is 11.0. The van der Waals surface area contributed by atoms with Crippen molar-refractivity contribution in [2.24, 2.45) is 0 Å². The topological polar surface area (TPSA) is 16.4 Å². The fraction of sp³-hybridized carbons (Fsp3) is 0. The lowest BCUT2D eigenvalue weighted by atomic mass is 9.95. The van der Waals surface area contributed by atoms with E-state index >= 15 is 0 Å². The molecule has 2 aromatic heterocycles. The van der Waals surface area contributed by atoms with Crippen LogP contribution in [-0.2, 0) is 0 Å². The molecule has 2 heterocycles. The minimum atomic E-state index is 0.882. The molecule has 0 atom stereocenters. The first-order valence-electron chi connectivity index (χ1n) is 17.3. The van der Waals surface area contributed by atoms with Crippen molar-refractivity contribution in [2.45, 2.75) is 0 Å². The maximum absolute atomic E-state index is 6.51. The molecule has 0 aliphatic heterocycles. The average molecular weight is 668 g/mol. The van der Waals surface area contributed by atoms with Crippen LogP contribution in [0.2, 0.25) is 0 Å². The highest BCUT2D eigenvalue weighted by Gasteiger charge is 2.19. The summed E-state index contributed by atoms with van der Waals surface area (Å²) in [7, 11) is 0. The molecule has 0 aliphatic rings. The van der Waals surface area contributed by atoms with Crippen molar-refractivity contribution >= 4 is 103 Å². The van der Waals surface area contributed by atoms with E-state index in [2.05, 4.69) is 181 Å². The maximum atomic E-state index is 6.51. The molecule has 238 valence electrons. The molecule has 0 saturated carbocycles. The van der Waals surface area contributed by atoms with E-state index in [0.29, 0.717) is 0 Å². The number of nitrogens with zero attached hydrogens (tertiary/aromatic N) is 1. The van der Waals surface area contributed by atoms with Crippen LogP contribution < -0.4 is 4.90 Å². The van der Waals surface area contributed by atoms with Gasteiger partial charge in [-0.3, -0.25) is 0 Å². The Kier molecular flexibility index (Phi) is 6.16. The van der Waals surface area contributed by atoms with E-state index in [9.17, 15) is 0 Å². The monoisotopic (exact) mass is 667 g/mol. The molecular formula is C48H29NOS. The van der Waals surface area contributed by atoms with Gasteiger partial charge in [0.05, 0.1) is 0 Å². The third-order valence-electron chi connectivity index (χ3n) is 10.4. The van der Waals surface area contributed by atoms with Gasteiger partial charge in [0.15, 0.2) is 0 Å². The number of benzene rings is 9. The Hall–Kier alpha value is -6.42. The Balaban J connectivity index is 1.09. The second-order valence-electron chi connectivity index (χ2n) is 13.3. The maximum Gasteiger partial charge on any atom is 0.136 e. The van der Waals surface area contributed by atoms with Crippen LogP contribution in [-0.4, -0.2) is 0 Å². The summed E-state index contributed by atoms with van der Waals surface area (Å²) in [6.07, 6.45) is 0. The lowest BCUT2D eigenvalue weighted by Gasteiger charge is -2.25. The van der Waals surface area contributed by atoms with Crippen LogP contribution in [0.3, 0.4) is 0 Å². The van der Waals surface area contributed by atoms with Crippen LogP contribution in [0.25, 0.3) is 85.6 Å². The number of hydrogen-bond donors (Lipinski definition) is 0. The van der Waals surface area contributed by atoms with Crippen molar-refractivity contribution in [3.8, 4) is 11.1 Å². The quantitative estimate of drug-likeness (QED) is 0.174. The molecule has 0 aliphatic carbocycles. The SMILES string of the molecule is c1ccc(N(c2ccc3c(c2)sc2cc4ccccc4cc23)c2ccc3oc4cccc(-c5ccc6c(ccc7ccccc76)c5)c4c3c2)cc1. The van der Waals surface area contributed by atoms with Crippen molar-refractivity contribution in [3.63, 3.8) is 0 Å². The number of furan rings is 1. The van der Waals surface area contributed by atoms with Crippen LogP contribution in [0, 0.1) is 0 Å². The molecule has 11 rings (SSSR count). The summed E-state index contributed by atoms with van der Waals surface area (Å²) in [6, 6.07) is 63.8. The molecule has 0 saturated heterocycles. The molecule has 11 aromatic rings. The van der Waals surface area contributed by atoms with Gasteiger partial charge < -0.3 is 9.32 Å². The third-order valence-corrected chi connectivity index (χ3v) is 11.5. The van der Waals surface area contributed by atoms with E-state index in [1.165, 1.54) is 63.6 Å². The summed E-state index contributed by atoms with van der Waals surface area (Å²) in [4.78, 5) is 2.36. The minimum absolute atomic E-state index is 0.882. The van der Waals surface area contributed by atoms with Gasteiger partial charge in [-0.15, -0.1) is 11.3 Å². The van der Waals surface area contributed by atoms with Crippen molar-refractivity contribution in [1.29, 1.82) is 0 Å². The first-order valence-corrected chi connectivity index (χ1v) is 18.1. The smallest absolute Gasteiger partial charge is 0.136 e. The molecule has 9 aromatic carbocycles. The molecule has 0 amide bonds. The molecule has 51 heavy (non-hydrogen) atoms. The van der Waals surface area contributed by atoms with Gasteiger partial charge in [0.25, 0.3) is 0 Å². The van der Waals surface area contributed by atoms with Gasteiger partial charge in [0, 0.05) is 48.0 Å². The van der Waals surface area contributed by atoms with Gasteiger partial charge in [-0.05, 0) is 110 Å². The molecule has 0 unspecified atom stereocenters. The summed E-state index contributed by atoms with van der Waals surface area (Å²) < 4.78 is 9.10. The predicted octanol–water partition coefficient (Wildman–Crippen LogP) is 14.6. The van der Waals surface area contributed by atoms with Gasteiger partial charge in [0.2, 0.25) is 0 Å². The molecule has 0 radical (unpaired) electrons. The molecule has 0 spiro atoms. The van der Waals surface area contributed by atoms with E-state index in [0.717, 1.165) is 39.0 Å². The van der Waals surface area contributed by atoms with E-state index in [1.807, 2.05) is 11.3 Å². The van der Waals surface area contributed by atoms with E-state index in [1.54, 1.807) is 0 Å². The largest absolute Gasteiger partial charge is 0.456 e. The summed E-state index contributed by atoms with van der Waals surface area (Å²) in [6.45, 7) is 0. The van der Waals surface area contributed by atoms with Gasteiger partial charge >= 0.3 is 0 Å². The summed E-state index contributed by atoms with van der Waals surface area (Å²) in [5.41, 5.74) is 7.44. The van der Waals surface area contributed by atoms with Gasteiger partial charge in [0.1, 0.15) is 11.2 Å². The summed E-state index contributed by atoms with van der Waals surface area (Å²) in [5.74, 6) is 0. The second-order valence-corrected chi connectivity index (χ2v) is 14.4. The molecule has 3 heteroatoms. The standard InChI is InChI=1S/C48H29NOS/c1-2-12-35(13-3-1)49(37-20-23-41-42-26-31-10-4-5-11-32(31)27-46(42)51-47(41)29-37)36-21-24-44-43(28-36)48-40(15-8-16-45(48)50-44)34-19-22-39-33(25-34)18-17-30-9-6-7-14-38(30)39/h1-29H. The Bertz CT molecular complexity index is 3150. The zero-order chi connectivity index (χ0) is 33.5. The van der Waals surface area contributed by atoms with Gasteiger partial charge in [-0.2, -0.15) is 0 Å². The van der Waals surface area contributed by atoms with Crippen LogP contribution in [0.15, 0.2) is 180 Å². The highest BCUT2D eigenvalue weighted by Crippen LogP contribution is 2.44. The highest BCUT2D eigenvalue weighted by atomic mass is 32.1. The van der Waals surface area contributed by atoms with Crippen molar-refractivity contribution < 1.29 is 4.42 Å². The Labute approximate surface area is 298 Å². The van der Waals surface area contributed by atoms with E-state index in [-0.39, 0.29) is 0 Å². The summed E-state index contributed by atoms with van der Waals surface area (Å²) >= 11 is 1.86. The molecular weight excluding hydrogens is 639 g/mol. The first kappa shape index (κ1) is 28.4. The van der Waals surface area contributed by atoms with Crippen LogP contribution >= 0.6 is 11.3 Å². The Morgan fingerprint density at radius 2 is 1.08 bits per heavy atom. The Morgan fingerprint density at radius 1 is 0.373 bits per heavy atom. The average Bonchev–Trinajstić information content (AvgIpc) is 3.74. The van der Waals surface area contributed by atoms with Crippen LogP contribution in [0.4, 0.5) is 17.1 Å². The van der Waals surface area contributed by atoms with Crippen molar-refractivity contribution in [2.75, 3.05) is 4.90 Å². The van der Waals surface area contributed by atoms with Crippen LogP contribution in [0.1, 0.15) is 0 Å². The van der Waals surface area contributed by atoms with Crippen LogP contribution in [0.5, 0.6) is 0 Å². The number of rotatable bonds is 4. The van der Waals surface area contributed by atoms with E-state index in [4.69, 9.17) is 4.42 Å². The lowest BCUT2D eigenvalue weighted by Crippen LogP contribution is -2.09. The number of anilines is 3. The number of fused-ring (bicyclic) bond motifs is 10. The number of para-hydroxylation sites is 1. The first-order chi connectivity index (χ1) is 25.2. The molecule has 0 fully saturated rings.